The number of phenols is 1. The maximum atomic E-state index is 9.55. The van der Waals surface area contributed by atoms with Crippen LogP contribution < -0.4 is 4.90 Å². The van der Waals surface area contributed by atoms with E-state index in [9.17, 15) is 5.11 Å². The van der Waals surface area contributed by atoms with Crippen LogP contribution in [-0.2, 0) is 6.54 Å². The van der Waals surface area contributed by atoms with E-state index in [-0.39, 0.29) is 0 Å². The van der Waals surface area contributed by atoms with Gasteiger partial charge in [-0.1, -0.05) is 30.3 Å². The standard InChI is InChI=1S/C19H24N2O/c1-20(13-16-6-5-9-19(22)12-16)14-17-10-11-21(15-17)18-7-3-2-4-8-18/h2-9,12,17,22H,10-11,13-15H2,1H3. The van der Waals surface area contributed by atoms with Gasteiger partial charge in [0.1, 0.15) is 5.75 Å². The molecule has 1 atom stereocenters. The molecule has 0 aliphatic carbocycles. The molecule has 1 unspecified atom stereocenters. The molecule has 0 amide bonds. The molecular formula is C19H24N2O. The molecule has 0 saturated carbocycles. The summed E-state index contributed by atoms with van der Waals surface area (Å²) in [5.74, 6) is 1.06. The van der Waals surface area contributed by atoms with Crippen molar-refractivity contribution in [1.29, 1.82) is 0 Å². The van der Waals surface area contributed by atoms with E-state index in [1.54, 1.807) is 6.07 Å². The van der Waals surface area contributed by atoms with E-state index in [1.165, 1.54) is 17.7 Å². The second-order valence-corrected chi connectivity index (χ2v) is 6.30. The Kier molecular flexibility index (Phi) is 4.64. The minimum Gasteiger partial charge on any atom is -0.508 e. The van der Waals surface area contributed by atoms with Gasteiger partial charge in [0.05, 0.1) is 0 Å². The van der Waals surface area contributed by atoms with Crippen molar-refractivity contribution in [2.45, 2.75) is 13.0 Å². The lowest BCUT2D eigenvalue weighted by Gasteiger charge is -2.22. The average molecular weight is 296 g/mol. The molecule has 2 aromatic rings. The van der Waals surface area contributed by atoms with Crippen LogP contribution in [0.4, 0.5) is 5.69 Å². The lowest BCUT2D eigenvalue weighted by atomic mass is 10.1. The molecule has 116 valence electrons. The van der Waals surface area contributed by atoms with Gasteiger partial charge in [0.2, 0.25) is 0 Å². The molecule has 22 heavy (non-hydrogen) atoms. The molecule has 3 heteroatoms. The summed E-state index contributed by atoms with van der Waals surface area (Å²) in [6, 6.07) is 18.2. The van der Waals surface area contributed by atoms with E-state index in [4.69, 9.17) is 0 Å². The van der Waals surface area contributed by atoms with Crippen LogP contribution in [0, 0.1) is 5.92 Å². The number of hydrogen-bond donors (Lipinski definition) is 1. The van der Waals surface area contributed by atoms with Crippen LogP contribution in [0.1, 0.15) is 12.0 Å². The zero-order valence-corrected chi connectivity index (χ0v) is 13.2. The van der Waals surface area contributed by atoms with Crippen LogP contribution in [0.5, 0.6) is 5.75 Å². The highest BCUT2D eigenvalue weighted by molar-refractivity contribution is 5.46. The van der Waals surface area contributed by atoms with Gasteiger partial charge in [-0.2, -0.15) is 0 Å². The molecule has 0 aromatic heterocycles. The van der Waals surface area contributed by atoms with Crippen molar-refractivity contribution in [3.05, 3.63) is 60.2 Å². The SMILES string of the molecule is CN(Cc1cccc(O)c1)CC1CCN(c2ccccc2)C1. The van der Waals surface area contributed by atoms with Gasteiger partial charge in [-0.05, 0) is 49.2 Å². The fourth-order valence-corrected chi connectivity index (χ4v) is 3.33. The first-order chi connectivity index (χ1) is 10.7. The molecule has 3 rings (SSSR count). The Morgan fingerprint density at radius 1 is 1.14 bits per heavy atom. The maximum absolute atomic E-state index is 9.55. The summed E-state index contributed by atoms with van der Waals surface area (Å²) >= 11 is 0. The topological polar surface area (TPSA) is 26.7 Å². The van der Waals surface area contributed by atoms with Crippen molar-refractivity contribution in [2.75, 3.05) is 31.6 Å². The van der Waals surface area contributed by atoms with Crippen LogP contribution >= 0.6 is 0 Å². The van der Waals surface area contributed by atoms with E-state index >= 15 is 0 Å². The van der Waals surface area contributed by atoms with Crippen LogP contribution in [0.15, 0.2) is 54.6 Å². The lowest BCUT2D eigenvalue weighted by Crippen LogP contribution is -2.28. The number of anilines is 1. The molecule has 1 fully saturated rings. The maximum Gasteiger partial charge on any atom is 0.115 e. The van der Waals surface area contributed by atoms with Gasteiger partial charge in [0.15, 0.2) is 0 Å². The Labute approximate surface area is 132 Å². The molecule has 1 heterocycles. The third-order valence-corrected chi connectivity index (χ3v) is 4.34. The van der Waals surface area contributed by atoms with Gasteiger partial charge in [0.25, 0.3) is 0 Å². The van der Waals surface area contributed by atoms with Crippen LogP contribution in [-0.4, -0.2) is 36.7 Å². The number of para-hydroxylation sites is 1. The second kappa shape index (κ2) is 6.84. The molecule has 0 spiro atoms. The van der Waals surface area contributed by atoms with E-state index in [1.807, 2.05) is 12.1 Å². The quantitative estimate of drug-likeness (QED) is 0.916. The van der Waals surface area contributed by atoms with Gasteiger partial charge < -0.3 is 14.9 Å². The molecule has 3 nitrogen and oxygen atoms in total. The number of benzene rings is 2. The fourth-order valence-electron chi connectivity index (χ4n) is 3.33. The summed E-state index contributed by atoms with van der Waals surface area (Å²) in [5.41, 5.74) is 2.50. The molecular weight excluding hydrogens is 272 g/mol. The number of nitrogens with zero attached hydrogens (tertiary/aromatic N) is 2. The highest BCUT2D eigenvalue weighted by Gasteiger charge is 2.23. The third-order valence-electron chi connectivity index (χ3n) is 4.34. The van der Waals surface area contributed by atoms with Gasteiger partial charge >= 0.3 is 0 Å². The Hall–Kier alpha value is -2.00. The summed E-state index contributed by atoms with van der Waals surface area (Å²) in [5, 5.41) is 9.55. The zero-order chi connectivity index (χ0) is 15.4. The first-order valence-corrected chi connectivity index (χ1v) is 7.97. The van der Waals surface area contributed by atoms with Crippen molar-refractivity contribution in [1.82, 2.24) is 4.90 Å². The number of aromatic hydroxyl groups is 1. The summed E-state index contributed by atoms with van der Waals surface area (Å²) in [6.07, 6.45) is 1.25. The van der Waals surface area contributed by atoms with Crippen molar-refractivity contribution in [2.24, 2.45) is 5.92 Å². The van der Waals surface area contributed by atoms with Crippen molar-refractivity contribution in [3.8, 4) is 5.75 Å². The number of rotatable bonds is 5. The minimum atomic E-state index is 0.349. The van der Waals surface area contributed by atoms with E-state index in [2.05, 4.69) is 53.2 Å². The van der Waals surface area contributed by atoms with Gasteiger partial charge in [-0.3, -0.25) is 0 Å². The highest BCUT2D eigenvalue weighted by Crippen LogP contribution is 2.24. The fraction of sp³-hybridized carbons (Fsp3) is 0.368. The molecule has 1 aliphatic heterocycles. The summed E-state index contributed by atoms with van der Waals surface area (Å²) in [4.78, 5) is 4.83. The third kappa shape index (κ3) is 3.80. The Balaban J connectivity index is 1.51. The minimum absolute atomic E-state index is 0.349. The predicted octanol–water partition coefficient (Wildman–Crippen LogP) is 3.35. The Morgan fingerprint density at radius 3 is 2.73 bits per heavy atom. The van der Waals surface area contributed by atoms with Gasteiger partial charge in [0, 0.05) is 31.9 Å². The van der Waals surface area contributed by atoms with Crippen LogP contribution in [0.2, 0.25) is 0 Å². The van der Waals surface area contributed by atoms with Crippen molar-refractivity contribution in [3.63, 3.8) is 0 Å². The predicted molar refractivity (Wildman–Crippen MR) is 91.2 cm³/mol. The van der Waals surface area contributed by atoms with Crippen molar-refractivity contribution >= 4 is 5.69 Å². The van der Waals surface area contributed by atoms with Crippen molar-refractivity contribution < 1.29 is 5.11 Å². The Morgan fingerprint density at radius 2 is 1.95 bits per heavy atom. The average Bonchev–Trinajstić information content (AvgIpc) is 2.96. The van der Waals surface area contributed by atoms with Gasteiger partial charge in [-0.15, -0.1) is 0 Å². The molecule has 1 N–H and O–H groups in total. The summed E-state index contributed by atoms with van der Waals surface area (Å²) < 4.78 is 0. The van der Waals surface area contributed by atoms with Crippen LogP contribution in [0.25, 0.3) is 0 Å². The monoisotopic (exact) mass is 296 g/mol. The molecule has 1 aliphatic rings. The number of hydrogen-bond acceptors (Lipinski definition) is 3. The summed E-state index contributed by atoms with van der Waals surface area (Å²) in [7, 11) is 2.16. The highest BCUT2D eigenvalue weighted by atomic mass is 16.3. The molecule has 0 bridgehead atoms. The van der Waals surface area contributed by atoms with E-state index in [0.29, 0.717) is 11.7 Å². The number of phenolic OH excluding ortho intramolecular Hbond substituents is 1. The molecule has 0 radical (unpaired) electrons. The van der Waals surface area contributed by atoms with E-state index in [0.717, 1.165) is 26.2 Å². The van der Waals surface area contributed by atoms with Crippen LogP contribution in [0.3, 0.4) is 0 Å². The molecule has 1 saturated heterocycles. The Bertz CT molecular complexity index is 599. The smallest absolute Gasteiger partial charge is 0.115 e. The first-order valence-electron chi connectivity index (χ1n) is 7.97. The van der Waals surface area contributed by atoms with Gasteiger partial charge in [-0.25, -0.2) is 0 Å². The first kappa shape index (κ1) is 14.9. The molecule has 2 aromatic carbocycles. The zero-order valence-electron chi connectivity index (χ0n) is 13.2. The summed E-state index contributed by atoms with van der Waals surface area (Å²) in [6.45, 7) is 4.26. The van der Waals surface area contributed by atoms with E-state index < -0.39 is 0 Å². The second-order valence-electron chi connectivity index (χ2n) is 6.30. The normalized spacial score (nSPS) is 18.1. The largest absolute Gasteiger partial charge is 0.508 e. The lowest BCUT2D eigenvalue weighted by molar-refractivity contribution is 0.279.